The Hall–Kier alpha value is -0.510. The zero-order valence-corrected chi connectivity index (χ0v) is 13.9. The van der Waals surface area contributed by atoms with Gasteiger partial charge in [-0.15, -0.1) is 0 Å². The number of piperidine rings is 1. The van der Waals surface area contributed by atoms with Crippen LogP contribution in [0.1, 0.15) is 31.7 Å². The van der Waals surface area contributed by atoms with E-state index in [-0.39, 0.29) is 0 Å². The minimum atomic E-state index is 0.727. The fourth-order valence-electron chi connectivity index (χ4n) is 3.63. The van der Waals surface area contributed by atoms with Crippen LogP contribution in [-0.4, -0.2) is 41.6 Å². The molecule has 116 valence electrons. The summed E-state index contributed by atoms with van der Waals surface area (Å²) in [6.45, 7) is 6.00. The zero-order chi connectivity index (χ0) is 14.5. The Morgan fingerprint density at radius 2 is 1.90 bits per heavy atom. The first kappa shape index (κ1) is 15.4. The number of hydrogen-bond donors (Lipinski definition) is 1. The fourth-order valence-corrected chi connectivity index (χ4v) is 4.74. The van der Waals surface area contributed by atoms with E-state index in [0.29, 0.717) is 0 Å². The van der Waals surface area contributed by atoms with Crippen molar-refractivity contribution in [3.8, 4) is 0 Å². The molecule has 3 rings (SSSR count). The van der Waals surface area contributed by atoms with E-state index in [1.54, 1.807) is 0 Å². The maximum Gasteiger partial charge on any atom is 0.0233 e. The summed E-state index contributed by atoms with van der Waals surface area (Å²) in [6.07, 6.45) is 4.03. The molecule has 0 amide bonds. The van der Waals surface area contributed by atoms with Crippen LogP contribution in [0, 0.1) is 5.92 Å². The van der Waals surface area contributed by atoms with Crippen molar-refractivity contribution < 1.29 is 0 Å². The molecule has 0 aromatic heterocycles. The van der Waals surface area contributed by atoms with E-state index in [2.05, 4.69) is 59.2 Å². The molecule has 2 heterocycles. The second-order valence-corrected chi connectivity index (χ2v) is 7.87. The average molecular weight is 305 g/mol. The minimum absolute atomic E-state index is 0.727. The third kappa shape index (κ3) is 4.48. The van der Waals surface area contributed by atoms with Gasteiger partial charge in [0.15, 0.2) is 0 Å². The molecule has 0 aliphatic carbocycles. The largest absolute Gasteiger partial charge is 0.311 e. The van der Waals surface area contributed by atoms with E-state index in [9.17, 15) is 0 Å². The lowest BCUT2D eigenvalue weighted by atomic mass is 9.92. The van der Waals surface area contributed by atoms with Gasteiger partial charge >= 0.3 is 0 Å². The van der Waals surface area contributed by atoms with E-state index in [4.69, 9.17) is 0 Å². The zero-order valence-electron chi connectivity index (χ0n) is 13.1. The Bertz CT molecular complexity index is 416. The van der Waals surface area contributed by atoms with E-state index >= 15 is 0 Å². The average Bonchev–Trinajstić information content (AvgIpc) is 2.52. The van der Waals surface area contributed by atoms with Gasteiger partial charge in [0.25, 0.3) is 0 Å². The van der Waals surface area contributed by atoms with Crippen LogP contribution in [0.4, 0.5) is 0 Å². The highest BCUT2D eigenvalue weighted by molar-refractivity contribution is 7.99. The Balaban J connectivity index is 1.47. The van der Waals surface area contributed by atoms with Crippen molar-refractivity contribution in [3.05, 3.63) is 35.9 Å². The molecular formula is C18H28N2S. The Morgan fingerprint density at radius 1 is 1.14 bits per heavy atom. The number of hydrogen-bond acceptors (Lipinski definition) is 3. The molecule has 1 aromatic rings. The van der Waals surface area contributed by atoms with E-state index in [1.807, 2.05) is 0 Å². The number of benzene rings is 1. The van der Waals surface area contributed by atoms with Gasteiger partial charge in [-0.3, -0.25) is 4.90 Å². The summed E-state index contributed by atoms with van der Waals surface area (Å²) in [6, 6.07) is 12.4. The molecule has 2 aliphatic heterocycles. The van der Waals surface area contributed by atoms with Gasteiger partial charge in [0, 0.05) is 25.2 Å². The first-order valence-corrected chi connectivity index (χ1v) is 9.57. The van der Waals surface area contributed by atoms with Crippen molar-refractivity contribution in [1.82, 2.24) is 10.2 Å². The van der Waals surface area contributed by atoms with Crippen LogP contribution in [0.5, 0.6) is 0 Å². The molecule has 3 heteroatoms. The van der Waals surface area contributed by atoms with Gasteiger partial charge < -0.3 is 5.32 Å². The molecule has 2 aliphatic rings. The van der Waals surface area contributed by atoms with Crippen LogP contribution >= 0.6 is 11.8 Å². The molecule has 2 fully saturated rings. The van der Waals surface area contributed by atoms with Crippen LogP contribution in [0.3, 0.4) is 0 Å². The predicted octanol–water partition coefficient (Wildman–Crippen LogP) is 3.38. The first-order chi connectivity index (χ1) is 10.3. The molecule has 1 N–H and O–H groups in total. The maximum absolute atomic E-state index is 3.95. The molecule has 0 radical (unpaired) electrons. The molecule has 2 saturated heterocycles. The monoisotopic (exact) mass is 304 g/mol. The van der Waals surface area contributed by atoms with Crippen molar-refractivity contribution in [2.75, 3.05) is 24.6 Å². The molecule has 0 saturated carbocycles. The highest BCUT2D eigenvalue weighted by Gasteiger charge is 2.28. The molecule has 2 atom stereocenters. The number of rotatable bonds is 4. The SMILES string of the molecule is C[C@H]1CN(Cc2ccccc2)CC[C@@H]1NC1CCSCC1. The number of likely N-dealkylation sites (tertiary alicyclic amines) is 1. The molecule has 21 heavy (non-hydrogen) atoms. The quantitative estimate of drug-likeness (QED) is 0.918. The number of nitrogens with zero attached hydrogens (tertiary/aromatic N) is 1. The minimum Gasteiger partial charge on any atom is -0.311 e. The van der Waals surface area contributed by atoms with E-state index < -0.39 is 0 Å². The van der Waals surface area contributed by atoms with Gasteiger partial charge in [-0.05, 0) is 48.8 Å². The Kier molecular flexibility index (Phi) is 5.61. The van der Waals surface area contributed by atoms with Crippen LogP contribution in [0.15, 0.2) is 30.3 Å². The Morgan fingerprint density at radius 3 is 2.62 bits per heavy atom. The van der Waals surface area contributed by atoms with Crippen LogP contribution in [-0.2, 0) is 6.54 Å². The smallest absolute Gasteiger partial charge is 0.0233 e. The summed E-state index contributed by atoms with van der Waals surface area (Å²) in [5.41, 5.74) is 1.44. The summed E-state index contributed by atoms with van der Waals surface area (Å²) in [4.78, 5) is 2.62. The molecule has 0 bridgehead atoms. The van der Waals surface area contributed by atoms with Crippen molar-refractivity contribution >= 4 is 11.8 Å². The van der Waals surface area contributed by atoms with Crippen LogP contribution in [0.25, 0.3) is 0 Å². The van der Waals surface area contributed by atoms with Gasteiger partial charge in [0.05, 0.1) is 0 Å². The summed E-state index contributed by atoms with van der Waals surface area (Å²) in [5, 5.41) is 3.95. The van der Waals surface area contributed by atoms with Crippen LogP contribution in [0.2, 0.25) is 0 Å². The summed E-state index contributed by atoms with van der Waals surface area (Å²) >= 11 is 2.11. The van der Waals surface area contributed by atoms with Crippen molar-refractivity contribution in [1.29, 1.82) is 0 Å². The number of thioether (sulfide) groups is 1. The van der Waals surface area contributed by atoms with E-state index in [0.717, 1.165) is 24.5 Å². The third-order valence-corrected chi connectivity index (χ3v) is 5.96. The summed E-state index contributed by atoms with van der Waals surface area (Å²) < 4.78 is 0. The predicted molar refractivity (Wildman–Crippen MR) is 92.8 cm³/mol. The highest BCUT2D eigenvalue weighted by Crippen LogP contribution is 2.23. The molecular weight excluding hydrogens is 276 g/mol. The topological polar surface area (TPSA) is 15.3 Å². The first-order valence-electron chi connectivity index (χ1n) is 8.41. The molecule has 0 spiro atoms. The summed E-state index contributed by atoms with van der Waals surface area (Å²) in [7, 11) is 0. The number of nitrogens with one attached hydrogen (secondary N) is 1. The second kappa shape index (κ2) is 7.66. The van der Waals surface area contributed by atoms with Gasteiger partial charge in [0.1, 0.15) is 0 Å². The lowest BCUT2D eigenvalue weighted by Crippen LogP contribution is -2.51. The molecule has 2 nitrogen and oxygen atoms in total. The lowest BCUT2D eigenvalue weighted by molar-refractivity contribution is 0.133. The van der Waals surface area contributed by atoms with Gasteiger partial charge in [-0.1, -0.05) is 37.3 Å². The van der Waals surface area contributed by atoms with E-state index in [1.165, 1.54) is 49.4 Å². The third-order valence-electron chi connectivity index (χ3n) is 4.91. The van der Waals surface area contributed by atoms with Crippen LogP contribution < -0.4 is 5.32 Å². The highest BCUT2D eigenvalue weighted by atomic mass is 32.2. The van der Waals surface area contributed by atoms with Gasteiger partial charge in [-0.2, -0.15) is 11.8 Å². The molecule has 1 aromatic carbocycles. The summed E-state index contributed by atoms with van der Waals surface area (Å²) in [5.74, 6) is 3.45. The fraction of sp³-hybridized carbons (Fsp3) is 0.667. The maximum atomic E-state index is 3.95. The lowest BCUT2D eigenvalue weighted by Gasteiger charge is -2.39. The van der Waals surface area contributed by atoms with Crippen molar-refractivity contribution in [2.24, 2.45) is 5.92 Å². The standard InChI is InChI=1S/C18H28N2S/c1-15-13-20(14-16-5-3-2-4-6-16)10-7-18(15)19-17-8-11-21-12-9-17/h2-6,15,17-19H,7-14H2,1H3/t15-,18-/m0/s1. The van der Waals surface area contributed by atoms with Crippen molar-refractivity contribution in [2.45, 2.75) is 44.8 Å². The van der Waals surface area contributed by atoms with Gasteiger partial charge in [0.2, 0.25) is 0 Å². The second-order valence-electron chi connectivity index (χ2n) is 6.65. The van der Waals surface area contributed by atoms with Gasteiger partial charge in [-0.25, -0.2) is 0 Å². The Labute approximate surface area is 133 Å². The van der Waals surface area contributed by atoms with Crippen molar-refractivity contribution in [3.63, 3.8) is 0 Å². The molecule has 0 unspecified atom stereocenters. The normalized spacial score (nSPS) is 28.6.